The molecule has 2 heterocycles. The molecule has 9 heteroatoms. The van der Waals surface area contributed by atoms with Crippen molar-refractivity contribution < 1.29 is 28.3 Å². The second-order valence-electron chi connectivity index (χ2n) is 6.30. The van der Waals surface area contributed by atoms with E-state index in [2.05, 4.69) is 10.1 Å². The fraction of sp³-hybridized carbons (Fsp3) is 0.368. The number of aromatic nitrogens is 2. The largest absolute Gasteiger partial charge is 0.500 e. The lowest BCUT2D eigenvalue weighted by Crippen LogP contribution is -2.20. The van der Waals surface area contributed by atoms with Crippen LogP contribution < -0.4 is 9.47 Å². The highest BCUT2D eigenvalue weighted by atomic mass is 35.5. The lowest BCUT2D eigenvalue weighted by molar-refractivity contribution is -0.116. The molecule has 3 rings (SSSR count). The van der Waals surface area contributed by atoms with E-state index in [1.54, 1.807) is 19.9 Å². The van der Waals surface area contributed by atoms with Crippen LogP contribution in [0.15, 0.2) is 22.4 Å². The van der Waals surface area contributed by atoms with E-state index in [9.17, 15) is 9.59 Å². The van der Waals surface area contributed by atoms with Crippen LogP contribution in [0.4, 0.5) is 0 Å². The number of carbonyl (C=O) groups excluding carboxylic acids is 2. The predicted octanol–water partition coefficient (Wildman–Crippen LogP) is 3.55. The maximum atomic E-state index is 13.0. The summed E-state index contributed by atoms with van der Waals surface area (Å²) in [6.07, 6.45) is 0.710. The molecule has 1 aliphatic heterocycles. The molecule has 0 N–H and O–H groups in total. The van der Waals surface area contributed by atoms with Gasteiger partial charge in [-0.3, -0.25) is 9.59 Å². The van der Waals surface area contributed by atoms with E-state index in [0.717, 1.165) is 0 Å². The van der Waals surface area contributed by atoms with Gasteiger partial charge in [-0.25, -0.2) is 0 Å². The van der Waals surface area contributed by atoms with Gasteiger partial charge in [-0.15, -0.1) is 0 Å². The van der Waals surface area contributed by atoms with E-state index in [-0.39, 0.29) is 58.1 Å². The van der Waals surface area contributed by atoms with Crippen LogP contribution in [0.3, 0.4) is 0 Å². The molecule has 1 unspecified atom stereocenters. The first-order valence-corrected chi connectivity index (χ1v) is 8.90. The van der Waals surface area contributed by atoms with Crippen LogP contribution in [-0.2, 0) is 9.53 Å². The lowest BCUT2D eigenvalue weighted by Gasteiger charge is -2.22. The minimum atomic E-state index is -0.548. The zero-order valence-corrected chi connectivity index (χ0v) is 16.6. The molecule has 1 aromatic carbocycles. The number of ether oxygens (including phenoxy) is 3. The zero-order valence-electron chi connectivity index (χ0n) is 15.9. The molecule has 0 amide bonds. The summed E-state index contributed by atoms with van der Waals surface area (Å²) in [6, 6.07) is 1.55. The normalized spacial score (nSPS) is 19.3. The summed E-state index contributed by atoms with van der Waals surface area (Å²) in [4.78, 5) is 29.3. The second kappa shape index (κ2) is 8.02. The van der Waals surface area contributed by atoms with Gasteiger partial charge in [0.05, 0.1) is 31.2 Å². The van der Waals surface area contributed by atoms with E-state index in [1.807, 2.05) is 0 Å². The number of carbonyl (C=O) groups is 2. The fourth-order valence-corrected chi connectivity index (χ4v) is 3.18. The zero-order chi connectivity index (χ0) is 20.4. The monoisotopic (exact) mass is 406 g/mol. The molecule has 0 spiro atoms. The highest BCUT2D eigenvalue weighted by Gasteiger charge is 2.30. The van der Waals surface area contributed by atoms with Gasteiger partial charge in [0.1, 0.15) is 23.2 Å². The van der Waals surface area contributed by atoms with E-state index in [4.69, 9.17) is 30.3 Å². The van der Waals surface area contributed by atoms with Gasteiger partial charge in [-0.1, -0.05) is 16.8 Å². The number of benzene rings is 1. The number of aryl methyl sites for hydroxylation is 1. The Balaban J connectivity index is 2.23. The van der Waals surface area contributed by atoms with Crippen molar-refractivity contribution in [1.82, 2.24) is 10.1 Å². The van der Waals surface area contributed by atoms with E-state index in [0.29, 0.717) is 11.4 Å². The first kappa shape index (κ1) is 19.9. The summed E-state index contributed by atoms with van der Waals surface area (Å²) in [5, 5.41) is 3.88. The Morgan fingerprint density at radius 3 is 2.61 bits per heavy atom. The Kier molecular flexibility index (Phi) is 5.69. The standard InChI is InChI=1S/C19H19ClN2O6/c1-9-5-11(23)6-12(25-3)7-14(24)16-15(26-4)8-13(17(20)18(16)27-9)19-21-10(2)22-28-19/h6,8-9H,5,7H2,1-4H3/b12-6+. The summed E-state index contributed by atoms with van der Waals surface area (Å²) in [5.74, 6) is 0.613. The second-order valence-corrected chi connectivity index (χ2v) is 6.68. The van der Waals surface area contributed by atoms with Crippen molar-refractivity contribution in [3.63, 3.8) is 0 Å². The van der Waals surface area contributed by atoms with Crippen molar-refractivity contribution in [2.24, 2.45) is 0 Å². The lowest BCUT2D eigenvalue weighted by atomic mass is 10.00. The third kappa shape index (κ3) is 3.87. The number of hydrogen-bond acceptors (Lipinski definition) is 8. The molecule has 1 aromatic heterocycles. The van der Waals surface area contributed by atoms with Crippen LogP contribution in [0.25, 0.3) is 11.5 Å². The molecule has 8 nitrogen and oxygen atoms in total. The average molecular weight is 407 g/mol. The molecule has 0 fully saturated rings. The number of nitrogens with zero attached hydrogens (tertiary/aromatic N) is 2. The molecular weight excluding hydrogens is 388 g/mol. The van der Waals surface area contributed by atoms with Gasteiger partial charge in [-0.05, 0) is 19.9 Å². The van der Waals surface area contributed by atoms with E-state index >= 15 is 0 Å². The highest BCUT2D eigenvalue weighted by molar-refractivity contribution is 6.35. The molecule has 0 saturated heterocycles. The minimum Gasteiger partial charge on any atom is -0.500 e. The van der Waals surface area contributed by atoms with Crippen LogP contribution in [0.1, 0.15) is 35.9 Å². The molecule has 0 radical (unpaired) electrons. The van der Waals surface area contributed by atoms with Gasteiger partial charge >= 0.3 is 0 Å². The molecule has 0 bridgehead atoms. The summed E-state index contributed by atoms with van der Waals surface area (Å²) in [5.41, 5.74) is 0.528. The molecule has 28 heavy (non-hydrogen) atoms. The SMILES string of the molecule is CO/C1=C/C(=O)CC(C)Oc2c(Cl)c(-c3nc(C)no3)cc(OC)c2C(=O)C1. The van der Waals surface area contributed by atoms with E-state index in [1.165, 1.54) is 20.3 Å². The summed E-state index contributed by atoms with van der Waals surface area (Å²) >= 11 is 6.57. The summed E-state index contributed by atoms with van der Waals surface area (Å²) < 4.78 is 21.7. The quantitative estimate of drug-likeness (QED) is 0.762. The smallest absolute Gasteiger partial charge is 0.259 e. The van der Waals surface area contributed by atoms with Crippen LogP contribution in [0.2, 0.25) is 5.02 Å². The summed E-state index contributed by atoms with van der Waals surface area (Å²) in [6.45, 7) is 3.38. The third-order valence-electron chi connectivity index (χ3n) is 4.17. The Morgan fingerprint density at radius 2 is 2.00 bits per heavy atom. The topological polar surface area (TPSA) is 101 Å². The third-order valence-corrected chi connectivity index (χ3v) is 4.54. The van der Waals surface area contributed by atoms with E-state index < -0.39 is 6.10 Å². The Hall–Kier alpha value is -2.87. The number of rotatable bonds is 3. The molecule has 148 valence electrons. The van der Waals surface area contributed by atoms with Crippen molar-refractivity contribution in [2.75, 3.05) is 14.2 Å². The van der Waals surface area contributed by atoms with Crippen LogP contribution in [0, 0.1) is 6.92 Å². The molecule has 1 aliphatic rings. The Labute approximate surface area is 166 Å². The number of hydrogen-bond donors (Lipinski definition) is 0. The fourth-order valence-electron chi connectivity index (χ4n) is 2.90. The van der Waals surface area contributed by atoms with Gasteiger partial charge < -0.3 is 18.7 Å². The maximum absolute atomic E-state index is 13.0. The number of Topliss-reactive ketones (excluding diaryl/α,β-unsaturated/α-hetero) is 1. The van der Waals surface area contributed by atoms with Crippen molar-refractivity contribution in [1.29, 1.82) is 0 Å². The van der Waals surface area contributed by atoms with Crippen molar-refractivity contribution in [3.05, 3.63) is 34.3 Å². The van der Waals surface area contributed by atoms with Crippen LogP contribution >= 0.6 is 11.6 Å². The number of halogens is 1. The maximum Gasteiger partial charge on any atom is 0.259 e. The molecule has 0 saturated carbocycles. The number of allylic oxidation sites excluding steroid dienone is 2. The van der Waals surface area contributed by atoms with Crippen LogP contribution in [0.5, 0.6) is 11.5 Å². The molecule has 2 aromatic rings. The van der Waals surface area contributed by atoms with Gasteiger partial charge in [0.15, 0.2) is 23.1 Å². The van der Waals surface area contributed by atoms with Gasteiger partial charge in [0, 0.05) is 12.5 Å². The highest BCUT2D eigenvalue weighted by Crippen LogP contribution is 2.44. The first-order valence-electron chi connectivity index (χ1n) is 8.52. The van der Waals surface area contributed by atoms with Gasteiger partial charge in [0.25, 0.3) is 5.89 Å². The Morgan fingerprint density at radius 1 is 1.25 bits per heavy atom. The molecule has 1 atom stereocenters. The molecular formula is C19H19ClN2O6. The van der Waals surface area contributed by atoms with Crippen molar-refractivity contribution in [3.8, 4) is 23.0 Å². The minimum absolute atomic E-state index is 0.0863. The van der Waals surface area contributed by atoms with Gasteiger partial charge in [-0.2, -0.15) is 4.98 Å². The number of methoxy groups -OCH3 is 2. The molecule has 0 aliphatic carbocycles. The van der Waals surface area contributed by atoms with Crippen molar-refractivity contribution in [2.45, 2.75) is 32.8 Å². The number of fused-ring (bicyclic) bond motifs is 1. The summed E-state index contributed by atoms with van der Waals surface area (Å²) in [7, 11) is 2.84. The Bertz CT molecular complexity index is 966. The predicted molar refractivity (Wildman–Crippen MR) is 99.8 cm³/mol. The van der Waals surface area contributed by atoms with Gasteiger partial charge in [0.2, 0.25) is 0 Å². The van der Waals surface area contributed by atoms with Crippen LogP contribution in [-0.4, -0.2) is 42.0 Å². The number of ketones is 2. The first-order chi connectivity index (χ1) is 13.3. The average Bonchev–Trinajstić information content (AvgIpc) is 3.07. The van der Waals surface area contributed by atoms with Crippen molar-refractivity contribution >= 4 is 23.2 Å².